The number of hydrogen-bond donors (Lipinski definition) is 1. The Morgan fingerprint density at radius 1 is 1.47 bits per heavy atom. The van der Waals surface area contributed by atoms with Gasteiger partial charge in [0, 0.05) is 18.2 Å². The molecule has 0 spiro atoms. The number of fused-ring (bicyclic) bond motifs is 1. The molecule has 2 unspecified atom stereocenters. The Kier molecular flexibility index (Phi) is 3.40. The average molecular weight is 258 g/mol. The van der Waals surface area contributed by atoms with Gasteiger partial charge in [-0.3, -0.25) is 9.78 Å². The zero-order valence-corrected chi connectivity index (χ0v) is 11.6. The van der Waals surface area contributed by atoms with Gasteiger partial charge in [-0.05, 0) is 50.3 Å². The highest BCUT2D eigenvalue weighted by Gasteiger charge is 2.40. The predicted molar refractivity (Wildman–Crippen MR) is 75.1 cm³/mol. The molecule has 1 aliphatic heterocycles. The molecule has 1 aromatic heterocycles. The van der Waals surface area contributed by atoms with Crippen molar-refractivity contribution in [2.24, 2.45) is 5.41 Å². The second-order valence-electron chi connectivity index (χ2n) is 6.20. The van der Waals surface area contributed by atoms with Gasteiger partial charge in [0.05, 0.1) is 11.6 Å². The minimum Gasteiger partial charge on any atom is -0.316 e. The lowest BCUT2D eigenvalue weighted by molar-refractivity contribution is -0.130. The highest BCUT2D eigenvalue weighted by atomic mass is 16.1. The van der Waals surface area contributed by atoms with E-state index in [0.29, 0.717) is 5.78 Å². The summed E-state index contributed by atoms with van der Waals surface area (Å²) in [6.45, 7) is 3.99. The summed E-state index contributed by atoms with van der Waals surface area (Å²) in [5.74, 6) is 0.425. The number of Topliss-reactive ketones (excluding diaryl/α,β-unsaturated/α-hetero) is 1. The van der Waals surface area contributed by atoms with Crippen LogP contribution in [0.4, 0.5) is 0 Å². The molecule has 0 saturated carbocycles. The molecule has 1 N–H and O–H groups in total. The van der Waals surface area contributed by atoms with Crippen molar-refractivity contribution < 1.29 is 4.79 Å². The van der Waals surface area contributed by atoms with E-state index >= 15 is 0 Å². The summed E-state index contributed by atoms with van der Waals surface area (Å²) >= 11 is 0. The largest absolute Gasteiger partial charge is 0.316 e. The Morgan fingerprint density at radius 2 is 2.37 bits per heavy atom. The van der Waals surface area contributed by atoms with Crippen molar-refractivity contribution in [3.05, 3.63) is 29.6 Å². The van der Waals surface area contributed by atoms with Gasteiger partial charge in [0.2, 0.25) is 0 Å². The van der Waals surface area contributed by atoms with Crippen LogP contribution in [0.15, 0.2) is 18.3 Å². The van der Waals surface area contributed by atoms with Gasteiger partial charge in [0.25, 0.3) is 0 Å². The summed E-state index contributed by atoms with van der Waals surface area (Å²) in [5, 5.41) is 3.38. The van der Waals surface area contributed by atoms with E-state index in [1.165, 1.54) is 5.56 Å². The molecular formula is C16H22N2O. The van der Waals surface area contributed by atoms with Crippen LogP contribution >= 0.6 is 0 Å². The van der Waals surface area contributed by atoms with Crippen molar-refractivity contribution in [3.63, 3.8) is 0 Å². The minimum atomic E-state index is -0.199. The normalized spacial score (nSPS) is 30.7. The fourth-order valence-corrected chi connectivity index (χ4v) is 3.55. The summed E-state index contributed by atoms with van der Waals surface area (Å²) in [6, 6.07) is 4.11. The smallest absolute Gasteiger partial charge is 0.149 e. The van der Waals surface area contributed by atoms with Gasteiger partial charge in [-0.1, -0.05) is 13.0 Å². The van der Waals surface area contributed by atoms with Gasteiger partial charge in [0.1, 0.15) is 5.78 Å². The van der Waals surface area contributed by atoms with Crippen LogP contribution in [0.3, 0.4) is 0 Å². The maximum absolute atomic E-state index is 13.0. The molecule has 1 aromatic rings. The maximum Gasteiger partial charge on any atom is 0.149 e. The lowest BCUT2D eigenvalue weighted by atomic mass is 9.70. The number of carbonyl (C=O) groups is 1. The fraction of sp³-hybridized carbons (Fsp3) is 0.625. The van der Waals surface area contributed by atoms with Gasteiger partial charge >= 0.3 is 0 Å². The molecule has 0 bridgehead atoms. The first kappa shape index (κ1) is 12.8. The third-order valence-corrected chi connectivity index (χ3v) is 4.70. The van der Waals surface area contributed by atoms with Crippen molar-refractivity contribution in [1.29, 1.82) is 0 Å². The Hall–Kier alpha value is -1.22. The average Bonchev–Trinajstić information content (AvgIpc) is 2.47. The lowest BCUT2D eigenvalue weighted by Crippen LogP contribution is -2.45. The second-order valence-corrected chi connectivity index (χ2v) is 6.20. The monoisotopic (exact) mass is 258 g/mol. The fourth-order valence-electron chi connectivity index (χ4n) is 3.55. The van der Waals surface area contributed by atoms with Crippen LogP contribution in [0.5, 0.6) is 0 Å². The topological polar surface area (TPSA) is 42.0 Å². The number of aryl methyl sites for hydroxylation is 1. The Balaban J connectivity index is 1.88. The van der Waals surface area contributed by atoms with E-state index in [9.17, 15) is 4.79 Å². The zero-order chi connectivity index (χ0) is 13.3. The zero-order valence-electron chi connectivity index (χ0n) is 11.6. The van der Waals surface area contributed by atoms with E-state index in [4.69, 9.17) is 0 Å². The first-order chi connectivity index (χ1) is 9.21. The van der Waals surface area contributed by atoms with E-state index in [2.05, 4.69) is 23.3 Å². The minimum absolute atomic E-state index is 0.0230. The summed E-state index contributed by atoms with van der Waals surface area (Å²) in [7, 11) is 0. The van der Waals surface area contributed by atoms with Crippen molar-refractivity contribution in [1.82, 2.24) is 10.3 Å². The maximum atomic E-state index is 13.0. The molecule has 3 heteroatoms. The van der Waals surface area contributed by atoms with Crippen LogP contribution in [-0.2, 0) is 11.2 Å². The third kappa shape index (κ3) is 2.32. The molecule has 2 heterocycles. The Bertz CT molecular complexity index is 477. The number of pyridine rings is 1. The highest BCUT2D eigenvalue weighted by Crippen LogP contribution is 2.38. The van der Waals surface area contributed by atoms with E-state index in [-0.39, 0.29) is 11.3 Å². The molecule has 19 heavy (non-hydrogen) atoms. The first-order valence-corrected chi connectivity index (χ1v) is 7.39. The quantitative estimate of drug-likeness (QED) is 0.886. The number of piperidine rings is 1. The summed E-state index contributed by atoms with van der Waals surface area (Å²) < 4.78 is 0. The van der Waals surface area contributed by atoms with Crippen molar-refractivity contribution in [2.75, 3.05) is 13.1 Å². The molecule has 3 nitrogen and oxygen atoms in total. The number of aromatic nitrogens is 1. The molecular weight excluding hydrogens is 236 g/mol. The van der Waals surface area contributed by atoms with Crippen molar-refractivity contribution >= 4 is 5.78 Å². The van der Waals surface area contributed by atoms with Crippen LogP contribution in [0.2, 0.25) is 0 Å². The third-order valence-electron chi connectivity index (χ3n) is 4.70. The van der Waals surface area contributed by atoms with E-state index in [1.807, 2.05) is 12.3 Å². The summed E-state index contributed by atoms with van der Waals surface area (Å²) in [6.07, 6.45) is 7.09. The van der Waals surface area contributed by atoms with Crippen LogP contribution < -0.4 is 5.32 Å². The number of nitrogens with zero attached hydrogens (tertiary/aromatic N) is 1. The van der Waals surface area contributed by atoms with Gasteiger partial charge in [-0.15, -0.1) is 0 Å². The van der Waals surface area contributed by atoms with Crippen LogP contribution in [0.1, 0.15) is 49.8 Å². The predicted octanol–water partition coefficient (Wildman–Crippen LogP) is 2.46. The first-order valence-electron chi connectivity index (χ1n) is 7.39. The molecule has 3 rings (SSSR count). The number of nitrogens with one attached hydrogen (secondary N) is 1. The van der Waals surface area contributed by atoms with Crippen molar-refractivity contribution in [3.8, 4) is 0 Å². The molecule has 2 atom stereocenters. The molecule has 1 fully saturated rings. The molecule has 0 amide bonds. The van der Waals surface area contributed by atoms with Gasteiger partial charge in [-0.2, -0.15) is 0 Å². The Morgan fingerprint density at radius 3 is 3.16 bits per heavy atom. The lowest BCUT2D eigenvalue weighted by Gasteiger charge is -2.36. The number of carbonyl (C=O) groups excluding carboxylic acids is 1. The van der Waals surface area contributed by atoms with E-state index < -0.39 is 0 Å². The van der Waals surface area contributed by atoms with Crippen molar-refractivity contribution in [2.45, 2.75) is 44.9 Å². The molecule has 2 aliphatic rings. The summed E-state index contributed by atoms with van der Waals surface area (Å²) in [4.78, 5) is 17.5. The molecule has 102 valence electrons. The number of rotatable bonds is 2. The van der Waals surface area contributed by atoms with Crippen LogP contribution in [0, 0.1) is 5.41 Å². The van der Waals surface area contributed by atoms with E-state index in [1.54, 1.807) is 0 Å². The highest BCUT2D eigenvalue weighted by molar-refractivity contribution is 5.91. The number of hydrogen-bond acceptors (Lipinski definition) is 3. The van der Waals surface area contributed by atoms with E-state index in [0.717, 1.165) is 50.9 Å². The molecule has 0 radical (unpaired) electrons. The second kappa shape index (κ2) is 5.04. The summed E-state index contributed by atoms with van der Waals surface area (Å²) in [5.41, 5.74) is 2.12. The molecule has 1 saturated heterocycles. The van der Waals surface area contributed by atoms with Gasteiger partial charge in [0.15, 0.2) is 0 Å². The van der Waals surface area contributed by atoms with Crippen LogP contribution in [0.25, 0.3) is 0 Å². The molecule has 1 aliphatic carbocycles. The van der Waals surface area contributed by atoms with Gasteiger partial charge in [-0.25, -0.2) is 0 Å². The Labute approximate surface area is 114 Å². The van der Waals surface area contributed by atoms with Crippen LogP contribution in [-0.4, -0.2) is 23.9 Å². The SMILES string of the molecule is CC1(C(=O)C2CCCc3cccnc32)CCCNC1. The standard InChI is InChI=1S/C16H22N2O/c1-16(8-4-9-17-11-16)15(19)13-7-2-5-12-6-3-10-18-14(12)13/h3,6,10,13,17H,2,4-5,7-9,11H2,1H3. The number of ketones is 1. The van der Waals surface area contributed by atoms with Gasteiger partial charge < -0.3 is 5.32 Å². The molecule has 0 aromatic carbocycles.